The van der Waals surface area contributed by atoms with Crippen LogP contribution in [0.3, 0.4) is 0 Å². The monoisotopic (exact) mass is 576 g/mol. The fraction of sp³-hybridized carbons (Fsp3) is 0.382. The Hall–Kier alpha value is -3.22. The molecule has 3 aromatic rings. The Morgan fingerprint density at radius 2 is 1.78 bits per heavy atom. The number of hydrogen-bond donors (Lipinski definition) is 1. The smallest absolute Gasteiger partial charge is 0.250 e. The zero-order valence-corrected chi connectivity index (χ0v) is 24.2. The van der Waals surface area contributed by atoms with Crippen LogP contribution in [0.5, 0.6) is 5.75 Å². The van der Waals surface area contributed by atoms with Crippen LogP contribution in [0.1, 0.15) is 47.1 Å². The van der Waals surface area contributed by atoms with Crippen LogP contribution in [-0.2, 0) is 17.8 Å². The van der Waals surface area contributed by atoms with Crippen molar-refractivity contribution in [1.29, 1.82) is 0 Å². The summed E-state index contributed by atoms with van der Waals surface area (Å²) in [6, 6.07) is 16.9. The van der Waals surface area contributed by atoms with Gasteiger partial charge in [-0.15, -0.1) is 0 Å². The minimum Gasteiger partial charge on any atom is -0.488 e. The topological polar surface area (TPSA) is 41.6 Å². The highest BCUT2D eigenvalue weighted by atomic mass is 35.5. The number of allylic oxidation sites excluding steroid dienone is 1. The third-order valence-corrected chi connectivity index (χ3v) is 9.33. The Morgan fingerprint density at radius 3 is 2.54 bits per heavy atom. The van der Waals surface area contributed by atoms with E-state index in [4.69, 9.17) is 16.3 Å². The summed E-state index contributed by atoms with van der Waals surface area (Å²) in [5, 5.41) is 3.17. The first kappa shape index (κ1) is 27.9. The second-order valence-corrected chi connectivity index (χ2v) is 12.0. The van der Waals surface area contributed by atoms with E-state index >= 15 is 0 Å². The first-order valence-electron chi connectivity index (χ1n) is 14.5. The molecule has 1 aliphatic heterocycles. The molecule has 3 aromatic carbocycles. The highest BCUT2D eigenvalue weighted by Gasteiger charge is 2.44. The summed E-state index contributed by atoms with van der Waals surface area (Å²) >= 11 is 5.88. The molecule has 1 saturated heterocycles. The van der Waals surface area contributed by atoms with Crippen LogP contribution in [0.25, 0.3) is 5.57 Å². The molecule has 6 rings (SSSR count). The van der Waals surface area contributed by atoms with Gasteiger partial charge in [0.05, 0.1) is 6.61 Å². The van der Waals surface area contributed by atoms with Crippen molar-refractivity contribution in [2.45, 2.75) is 52.1 Å². The minimum atomic E-state index is -0.711. The number of hydrogen-bond acceptors (Lipinski definition) is 3. The molecule has 3 aliphatic rings. The predicted octanol–water partition coefficient (Wildman–Crippen LogP) is 7.04. The van der Waals surface area contributed by atoms with Gasteiger partial charge in [0.2, 0.25) is 0 Å². The number of nitrogens with zero attached hydrogens (tertiary/aromatic N) is 1. The van der Waals surface area contributed by atoms with E-state index in [1.165, 1.54) is 16.7 Å². The molecule has 41 heavy (non-hydrogen) atoms. The first-order valence-corrected chi connectivity index (χ1v) is 14.8. The van der Waals surface area contributed by atoms with Crippen molar-refractivity contribution in [1.82, 2.24) is 10.2 Å². The number of carbonyl (C=O) groups is 1. The van der Waals surface area contributed by atoms with E-state index in [0.717, 1.165) is 66.8 Å². The summed E-state index contributed by atoms with van der Waals surface area (Å²) < 4.78 is 33.2. The SMILES string of the molecule is Cc1cccc(CN(C(=O)C2=C(c3ccc(CCOc4c(F)ccc(F)c4Cl)cc3)CC3CNC[C@@H]23)C2CC2)c1C. The maximum atomic E-state index is 14.3. The average molecular weight is 577 g/mol. The Kier molecular flexibility index (Phi) is 7.88. The fourth-order valence-electron chi connectivity index (χ4n) is 6.30. The predicted molar refractivity (Wildman–Crippen MR) is 158 cm³/mol. The van der Waals surface area contributed by atoms with Crippen LogP contribution in [0.15, 0.2) is 60.2 Å². The van der Waals surface area contributed by atoms with Crippen LogP contribution in [0.2, 0.25) is 5.02 Å². The second-order valence-electron chi connectivity index (χ2n) is 11.6. The number of nitrogens with one attached hydrogen (secondary N) is 1. The van der Waals surface area contributed by atoms with Crippen molar-refractivity contribution in [3.8, 4) is 5.75 Å². The van der Waals surface area contributed by atoms with E-state index in [1.807, 2.05) is 12.1 Å². The standard InChI is InChI=1S/C34H35ClF2N2O2/c1-20-4-3-5-24(21(20)2)19-39(26-10-11-26)34(40)31-27(16-25-17-38-18-28(25)31)23-8-6-22(7-9-23)14-15-41-33-30(37)13-12-29(36)32(33)35/h3-9,12-13,25-26,28,38H,10-11,14-19H2,1-2H3/t25?,28-/m1/s1. The molecule has 1 unspecified atom stereocenters. The largest absolute Gasteiger partial charge is 0.488 e. The summed E-state index contributed by atoms with van der Waals surface area (Å²) in [6.07, 6.45) is 3.53. The van der Waals surface area contributed by atoms with Gasteiger partial charge in [0, 0.05) is 37.0 Å². The fourth-order valence-corrected chi connectivity index (χ4v) is 6.51. The van der Waals surface area contributed by atoms with Gasteiger partial charge in [0.1, 0.15) is 10.8 Å². The molecule has 1 amide bonds. The third kappa shape index (κ3) is 5.64. The highest BCUT2D eigenvalue weighted by Crippen LogP contribution is 2.46. The molecule has 0 aromatic heterocycles. The Morgan fingerprint density at radius 1 is 1.02 bits per heavy atom. The van der Waals surface area contributed by atoms with Crippen molar-refractivity contribution in [2.24, 2.45) is 11.8 Å². The second kappa shape index (κ2) is 11.6. The van der Waals surface area contributed by atoms with E-state index in [0.29, 0.717) is 24.9 Å². The van der Waals surface area contributed by atoms with E-state index in [9.17, 15) is 13.6 Å². The number of halogens is 3. The molecule has 1 N–H and O–H groups in total. The lowest BCUT2D eigenvalue weighted by atomic mass is 9.93. The first-order chi connectivity index (χ1) is 19.8. The summed E-state index contributed by atoms with van der Waals surface area (Å²) in [7, 11) is 0. The van der Waals surface area contributed by atoms with Crippen molar-refractivity contribution < 1.29 is 18.3 Å². The molecule has 2 fully saturated rings. The average Bonchev–Trinajstić information content (AvgIpc) is 3.60. The normalized spacial score (nSPS) is 19.9. The number of amides is 1. The van der Waals surface area contributed by atoms with Gasteiger partial charge in [-0.05, 0) is 91.1 Å². The Labute approximate surface area is 245 Å². The van der Waals surface area contributed by atoms with Gasteiger partial charge >= 0.3 is 0 Å². The molecule has 0 radical (unpaired) electrons. The van der Waals surface area contributed by atoms with Gasteiger partial charge in [-0.25, -0.2) is 8.78 Å². The van der Waals surface area contributed by atoms with Gasteiger partial charge in [-0.2, -0.15) is 0 Å². The summed E-state index contributed by atoms with van der Waals surface area (Å²) in [5.41, 5.74) is 7.95. The van der Waals surface area contributed by atoms with E-state index in [-0.39, 0.29) is 29.2 Å². The van der Waals surface area contributed by atoms with Gasteiger partial charge in [-0.1, -0.05) is 54.1 Å². The summed E-state index contributed by atoms with van der Waals surface area (Å²) in [6.45, 7) is 6.85. The van der Waals surface area contributed by atoms with Crippen LogP contribution in [0, 0.1) is 37.3 Å². The number of ether oxygens (including phenoxy) is 1. The molecule has 4 nitrogen and oxygen atoms in total. The lowest BCUT2D eigenvalue weighted by molar-refractivity contribution is -0.128. The Balaban J connectivity index is 1.22. The van der Waals surface area contributed by atoms with Gasteiger partial charge in [0.15, 0.2) is 11.6 Å². The number of benzene rings is 3. The maximum absolute atomic E-state index is 14.3. The van der Waals surface area contributed by atoms with Gasteiger partial charge < -0.3 is 15.0 Å². The van der Waals surface area contributed by atoms with E-state index in [2.05, 4.69) is 54.4 Å². The van der Waals surface area contributed by atoms with Crippen LogP contribution < -0.4 is 10.1 Å². The van der Waals surface area contributed by atoms with Gasteiger partial charge in [-0.3, -0.25) is 4.79 Å². The van der Waals surface area contributed by atoms with Crippen LogP contribution >= 0.6 is 11.6 Å². The highest BCUT2D eigenvalue weighted by molar-refractivity contribution is 6.32. The lowest BCUT2D eigenvalue weighted by Gasteiger charge is -2.27. The number of carbonyl (C=O) groups excluding carboxylic acids is 1. The number of fused-ring (bicyclic) bond motifs is 1. The molecule has 0 spiro atoms. The number of rotatable bonds is 9. The molecule has 1 saturated carbocycles. The molecular formula is C34H35ClF2N2O2. The molecule has 2 atom stereocenters. The quantitative estimate of drug-likeness (QED) is 0.278. The van der Waals surface area contributed by atoms with Crippen molar-refractivity contribution in [3.63, 3.8) is 0 Å². The van der Waals surface area contributed by atoms with Crippen LogP contribution in [0.4, 0.5) is 8.78 Å². The maximum Gasteiger partial charge on any atom is 0.250 e. The molecule has 0 bridgehead atoms. The van der Waals surface area contributed by atoms with Crippen LogP contribution in [-0.4, -0.2) is 36.5 Å². The van der Waals surface area contributed by atoms with E-state index < -0.39 is 11.6 Å². The molecule has 7 heteroatoms. The van der Waals surface area contributed by atoms with Crippen molar-refractivity contribution in [2.75, 3.05) is 19.7 Å². The minimum absolute atomic E-state index is 0.163. The summed E-state index contributed by atoms with van der Waals surface area (Å²) in [4.78, 5) is 16.5. The lowest BCUT2D eigenvalue weighted by Crippen LogP contribution is -2.36. The van der Waals surface area contributed by atoms with Crippen molar-refractivity contribution >= 4 is 23.1 Å². The molecular weight excluding hydrogens is 542 g/mol. The molecule has 1 heterocycles. The molecule has 2 aliphatic carbocycles. The van der Waals surface area contributed by atoms with Crippen molar-refractivity contribution in [3.05, 3.63) is 105 Å². The zero-order valence-electron chi connectivity index (χ0n) is 23.5. The number of aryl methyl sites for hydroxylation is 1. The Bertz CT molecular complexity index is 1500. The summed E-state index contributed by atoms with van der Waals surface area (Å²) in [5.74, 6) is -0.803. The zero-order chi connectivity index (χ0) is 28.7. The third-order valence-electron chi connectivity index (χ3n) is 8.98. The van der Waals surface area contributed by atoms with E-state index in [1.54, 1.807) is 0 Å². The molecule has 214 valence electrons. The van der Waals surface area contributed by atoms with Gasteiger partial charge in [0.25, 0.3) is 5.91 Å².